The number of halogens is 1. The number of carbonyl (C=O) groups excluding carboxylic acids is 2. The van der Waals surface area contributed by atoms with Crippen LogP contribution >= 0.6 is 11.8 Å². The summed E-state index contributed by atoms with van der Waals surface area (Å²) >= 11 is 1.26. The summed E-state index contributed by atoms with van der Waals surface area (Å²) < 4.78 is 14.8. The van der Waals surface area contributed by atoms with Crippen LogP contribution in [0.5, 0.6) is 0 Å². The molecule has 2 amide bonds. The summed E-state index contributed by atoms with van der Waals surface area (Å²) in [6, 6.07) is 14.9. The van der Waals surface area contributed by atoms with Crippen molar-refractivity contribution in [2.24, 2.45) is 7.05 Å². The van der Waals surface area contributed by atoms with E-state index in [1.165, 1.54) is 36.0 Å². The van der Waals surface area contributed by atoms with Gasteiger partial charge in [0.2, 0.25) is 5.91 Å². The van der Waals surface area contributed by atoms with E-state index in [2.05, 4.69) is 15.8 Å². The molecule has 0 saturated carbocycles. The van der Waals surface area contributed by atoms with Crippen LogP contribution in [-0.2, 0) is 11.8 Å². The molecule has 1 aromatic heterocycles. The van der Waals surface area contributed by atoms with Gasteiger partial charge in [-0.3, -0.25) is 20.4 Å². The minimum Gasteiger partial charge on any atom is -0.322 e. The number of nitrogens with one attached hydrogen (secondary N) is 2. The van der Waals surface area contributed by atoms with Gasteiger partial charge in [0.25, 0.3) is 5.91 Å². The molecule has 0 radical (unpaired) electrons. The first kappa shape index (κ1) is 18.7. The second kappa shape index (κ2) is 8.50. The Bertz CT molecular complexity index is 942. The molecule has 0 aliphatic heterocycles. The van der Waals surface area contributed by atoms with Crippen molar-refractivity contribution in [3.63, 3.8) is 0 Å². The molecule has 3 aromatic rings. The molecule has 0 aliphatic carbocycles. The average Bonchev–Trinajstić information content (AvgIpc) is 3.06. The van der Waals surface area contributed by atoms with Crippen molar-refractivity contribution in [2.75, 3.05) is 5.75 Å². The number of hydrazine groups is 1. The number of hydrogen-bond donors (Lipinski definition) is 2. The molecule has 0 spiro atoms. The van der Waals surface area contributed by atoms with E-state index in [0.29, 0.717) is 5.16 Å². The van der Waals surface area contributed by atoms with Gasteiger partial charge in [-0.2, -0.15) is 0 Å². The molecular formula is C19H17FN4O2S. The molecule has 0 atom stereocenters. The predicted octanol–water partition coefficient (Wildman–Crippen LogP) is 2.78. The highest BCUT2D eigenvalue weighted by molar-refractivity contribution is 7.99. The van der Waals surface area contributed by atoms with Crippen LogP contribution in [0.3, 0.4) is 0 Å². The normalized spacial score (nSPS) is 10.4. The van der Waals surface area contributed by atoms with Crippen LogP contribution < -0.4 is 10.9 Å². The standard InChI is InChI=1S/C19H17FN4O2S/c1-24-16(13-5-3-2-4-6-13)11-21-19(24)27-12-17(25)22-23-18(26)14-7-9-15(20)10-8-14/h2-11H,12H2,1H3,(H,22,25)(H,23,26). The van der Waals surface area contributed by atoms with Crippen LogP contribution in [0, 0.1) is 5.82 Å². The SMILES string of the molecule is Cn1c(-c2ccccc2)cnc1SCC(=O)NNC(=O)c1ccc(F)cc1. The van der Waals surface area contributed by atoms with Crippen molar-refractivity contribution in [3.8, 4) is 11.3 Å². The molecule has 6 nitrogen and oxygen atoms in total. The number of aromatic nitrogens is 2. The molecule has 3 rings (SSSR count). The molecule has 0 aliphatic rings. The largest absolute Gasteiger partial charge is 0.322 e. The molecule has 0 bridgehead atoms. The fourth-order valence-corrected chi connectivity index (χ4v) is 3.12. The van der Waals surface area contributed by atoms with Crippen LogP contribution in [0.15, 0.2) is 66.0 Å². The highest BCUT2D eigenvalue weighted by atomic mass is 32.2. The van der Waals surface area contributed by atoms with Crippen molar-refractivity contribution in [1.82, 2.24) is 20.4 Å². The maximum Gasteiger partial charge on any atom is 0.269 e. The van der Waals surface area contributed by atoms with Crippen molar-refractivity contribution < 1.29 is 14.0 Å². The maximum atomic E-state index is 12.9. The van der Waals surface area contributed by atoms with Crippen LogP contribution in [-0.4, -0.2) is 27.1 Å². The molecule has 1 heterocycles. The average molecular weight is 384 g/mol. The smallest absolute Gasteiger partial charge is 0.269 e. The van der Waals surface area contributed by atoms with Gasteiger partial charge in [0, 0.05) is 12.6 Å². The summed E-state index contributed by atoms with van der Waals surface area (Å²) in [5.74, 6) is -1.24. The first-order valence-electron chi connectivity index (χ1n) is 8.09. The molecule has 27 heavy (non-hydrogen) atoms. The van der Waals surface area contributed by atoms with Gasteiger partial charge in [-0.1, -0.05) is 42.1 Å². The van der Waals surface area contributed by atoms with Crippen molar-refractivity contribution in [2.45, 2.75) is 5.16 Å². The second-order valence-corrected chi connectivity index (χ2v) is 6.59. The zero-order valence-corrected chi connectivity index (χ0v) is 15.3. The van der Waals surface area contributed by atoms with Gasteiger partial charge in [0.05, 0.1) is 17.6 Å². The molecule has 2 aromatic carbocycles. The van der Waals surface area contributed by atoms with Crippen LogP contribution in [0.25, 0.3) is 11.3 Å². The summed E-state index contributed by atoms with van der Waals surface area (Å²) in [4.78, 5) is 28.2. The second-order valence-electron chi connectivity index (χ2n) is 5.65. The zero-order chi connectivity index (χ0) is 19.2. The van der Waals surface area contributed by atoms with Gasteiger partial charge in [-0.15, -0.1) is 0 Å². The number of hydrogen-bond acceptors (Lipinski definition) is 4. The molecule has 138 valence electrons. The number of imidazole rings is 1. The predicted molar refractivity (Wildman–Crippen MR) is 101 cm³/mol. The number of amides is 2. The van der Waals surface area contributed by atoms with E-state index >= 15 is 0 Å². The zero-order valence-electron chi connectivity index (χ0n) is 14.5. The molecule has 0 saturated heterocycles. The molecule has 0 unspecified atom stereocenters. The lowest BCUT2D eigenvalue weighted by Crippen LogP contribution is -2.42. The minimum atomic E-state index is -0.517. The van der Waals surface area contributed by atoms with Crippen LogP contribution in [0.2, 0.25) is 0 Å². The van der Waals surface area contributed by atoms with E-state index in [1.807, 2.05) is 41.9 Å². The Hall–Kier alpha value is -3.13. The summed E-state index contributed by atoms with van der Waals surface area (Å²) in [6.07, 6.45) is 1.76. The number of benzene rings is 2. The Kier molecular flexibility index (Phi) is 5.87. The fraction of sp³-hybridized carbons (Fsp3) is 0.105. The van der Waals surface area contributed by atoms with Crippen molar-refractivity contribution >= 4 is 23.6 Å². The maximum absolute atomic E-state index is 12.9. The fourth-order valence-electron chi connectivity index (χ4n) is 2.37. The third kappa shape index (κ3) is 4.73. The molecular weight excluding hydrogens is 367 g/mol. The number of carbonyl (C=O) groups is 2. The number of thioether (sulfide) groups is 1. The Morgan fingerprint density at radius 2 is 1.78 bits per heavy atom. The van der Waals surface area contributed by atoms with E-state index in [0.717, 1.165) is 11.3 Å². The van der Waals surface area contributed by atoms with Crippen molar-refractivity contribution in [1.29, 1.82) is 0 Å². The Morgan fingerprint density at radius 3 is 2.48 bits per heavy atom. The monoisotopic (exact) mass is 384 g/mol. The Morgan fingerprint density at radius 1 is 1.07 bits per heavy atom. The van der Waals surface area contributed by atoms with Crippen LogP contribution in [0.1, 0.15) is 10.4 Å². The molecule has 8 heteroatoms. The number of nitrogens with zero attached hydrogens (tertiary/aromatic N) is 2. The van der Waals surface area contributed by atoms with Gasteiger partial charge in [-0.25, -0.2) is 9.37 Å². The van der Waals surface area contributed by atoms with Gasteiger partial charge in [0.1, 0.15) is 5.82 Å². The summed E-state index contributed by atoms with van der Waals surface area (Å²) in [7, 11) is 1.88. The molecule has 0 fully saturated rings. The summed E-state index contributed by atoms with van der Waals surface area (Å²) in [6.45, 7) is 0. The minimum absolute atomic E-state index is 0.0861. The Balaban J connectivity index is 1.52. The quantitative estimate of drug-likeness (QED) is 0.524. The van der Waals surface area contributed by atoms with Gasteiger partial charge in [-0.05, 0) is 29.8 Å². The van der Waals surface area contributed by atoms with E-state index in [-0.39, 0.29) is 17.2 Å². The molecule has 2 N–H and O–H groups in total. The van der Waals surface area contributed by atoms with Gasteiger partial charge < -0.3 is 4.57 Å². The topological polar surface area (TPSA) is 76.0 Å². The van der Waals surface area contributed by atoms with Crippen LogP contribution in [0.4, 0.5) is 4.39 Å². The summed E-state index contributed by atoms with van der Waals surface area (Å²) in [5.41, 5.74) is 6.87. The number of rotatable bonds is 5. The van der Waals surface area contributed by atoms with Crippen molar-refractivity contribution in [3.05, 3.63) is 72.2 Å². The van der Waals surface area contributed by atoms with Gasteiger partial charge >= 0.3 is 0 Å². The van der Waals surface area contributed by atoms with E-state index in [9.17, 15) is 14.0 Å². The van der Waals surface area contributed by atoms with Gasteiger partial charge in [0.15, 0.2) is 5.16 Å². The Labute approximate surface area is 159 Å². The van der Waals surface area contributed by atoms with E-state index in [1.54, 1.807) is 6.20 Å². The first-order valence-corrected chi connectivity index (χ1v) is 9.08. The summed E-state index contributed by atoms with van der Waals surface area (Å²) in [5, 5.41) is 0.689. The lowest BCUT2D eigenvalue weighted by molar-refractivity contribution is -0.119. The van der Waals surface area contributed by atoms with E-state index < -0.39 is 11.7 Å². The highest BCUT2D eigenvalue weighted by Gasteiger charge is 2.12. The lowest BCUT2D eigenvalue weighted by Gasteiger charge is -2.08. The third-order valence-corrected chi connectivity index (χ3v) is 4.81. The highest BCUT2D eigenvalue weighted by Crippen LogP contribution is 2.24. The first-order chi connectivity index (χ1) is 13.0. The lowest BCUT2D eigenvalue weighted by atomic mass is 10.2. The third-order valence-electron chi connectivity index (χ3n) is 3.77. The van der Waals surface area contributed by atoms with E-state index in [4.69, 9.17) is 0 Å².